The summed E-state index contributed by atoms with van der Waals surface area (Å²) in [5.41, 5.74) is 0. The van der Waals surface area contributed by atoms with E-state index in [1.165, 1.54) is 25.7 Å². The van der Waals surface area contributed by atoms with Crippen molar-refractivity contribution in [3.05, 3.63) is 0 Å². The third kappa shape index (κ3) is 4.30. The van der Waals surface area contributed by atoms with Gasteiger partial charge in [0.05, 0.1) is 12.6 Å². The van der Waals surface area contributed by atoms with Crippen LogP contribution in [0.15, 0.2) is 0 Å². The number of hydrogen-bond acceptors (Lipinski definition) is 3. The molecule has 1 rings (SSSR count). The van der Waals surface area contributed by atoms with E-state index in [1.807, 2.05) is 6.07 Å². The Morgan fingerprint density at radius 3 is 2.80 bits per heavy atom. The molecular weight excluding hydrogens is 190 g/mol. The van der Waals surface area contributed by atoms with E-state index in [0.717, 1.165) is 0 Å². The van der Waals surface area contributed by atoms with E-state index in [4.69, 9.17) is 5.26 Å². The van der Waals surface area contributed by atoms with Gasteiger partial charge in [-0.05, 0) is 25.7 Å². The predicted molar refractivity (Wildman–Crippen MR) is 58.0 cm³/mol. The lowest BCUT2D eigenvalue weighted by Crippen LogP contribution is -2.40. The fourth-order valence-electron chi connectivity index (χ4n) is 2.08. The first-order chi connectivity index (χ1) is 7.24. The molecule has 0 aromatic heterocycles. The third-order valence-electron chi connectivity index (χ3n) is 3.06. The first-order valence-electron chi connectivity index (χ1n) is 5.61. The first kappa shape index (κ1) is 12.0. The van der Waals surface area contributed by atoms with Crippen molar-refractivity contribution in [3.8, 4) is 6.07 Å². The zero-order chi connectivity index (χ0) is 11.1. The standard InChI is InChI=1S/C11H19N3O/c1-9(10-4-2-3-5-10)14-8-11(15)13-7-6-12/h9-10,14H,2-5,7-8H2,1H3,(H,13,15)/t9-/m0/s1. The van der Waals surface area contributed by atoms with Gasteiger partial charge in [-0.3, -0.25) is 4.79 Å². The molecule has 1 fully saturated rings. The van der Waals surface area contributed by atoms with Gasteiger partial charge < -0.3 is 10.6 Å². The van der Waals surface area contributed by atoms with Crippen molar-refractivity contribution < 1.29 is 4.79 Å². The Bertz CT molecular complexity index is 241. The van der Waals surface area contributed by atoms with Crippen LogP contribution in [-0.2, 0) is 4.79 Å². The molecule has 1 amide bonds. The summed E-state index contributed by atoms with van der Waals surface area (Å²) < 4.78 is 0. The molecule has 1 aliphatic rings. The Morgan fingerprint density at radius 2 is 2.20 bits per heavy atom. The van der Waals surface area contributed by atoms with Crippen LogP contribution in [0, 0.1) is 17.2 Å². The normalized spacial score (nSPS) is 18.4. The van der Waals surface area contributed by atoms with Crippen LogP contribution in [-0.4, -0.2) is 25.0 Å². The van der Waals surface area contributed by atoms with E-state index in [0.29, 0.717) is 18.5 Å². The fraction of sp³-hybridized carbons (Fsp3) is 0.818. The van der Waals surface area contributed by atoms with Gasteiger partial charge in [-0.25, -0.2) is 0 Å². The SMILES string of the molecule is C[C@H](NCC(=O)NCC#N)C1CCCC1. The van der Waals surface area contributed by atoms with Gasteiger partial charge in [0, 0.05) is 6.04 Å². The molecular formula is C11H19N3O. The maximum Gasteiger partial charge on any atom is 0.234 e. The van der Waals surface area contributed by atoms with Crippen LogP contribution in [0.5, 0.6) is 0 Å². The zero-order valence-electron chi connectivity index (χ0n) is 9.25. The second-order valence-electron chi connectivity index (χ2n) is 4.15. The highest BCUT2D eigenvalue weighted by atomic mass is 16.1. The number of carbonyl (C=O) groups excluding carboxylic acids is 1. The van der Waals surface area contributed by atoms with Crippen molar-refractivity contribution in [2.24, 2.45) is 5.92 Å². The van der Waals surface area contributed by atoms with Crippen molar-refractivity contribution >= 4 is 5.91 Å². The molecule has 0 unspecified atom stereocenters. The quantitative estimate of drug-likeness (QED) is 0.658. The zero-order valence-corrected chi connectivity index (χ0v) is 9.25. The summed E-state index contributed by atoms with van der Waals surface area (Å²) >= 11 is 0. The van der Waals surface area contributed by atoms with E-state index in [1.54, 1.807) is 0 Å². The highest BCUT2D eigenvalue weighted by molar-refractivity contribution is 5.78. The van der Waals surface area contributed by atoms with Crippen LogP contribution in [0.2, 0.25) is 0 Å². The summed E-state index contributed by atoms with van der Waals surface area (Å²) in [5, 5.41) is 14.0. The van der Waals surface area contributed by atoms with Crippen LogP contribution >= 0.6 is 0 Å². The summed E-state index contributed by atoms with van der Waals surface area (Å²) in [6.07, 6.45) is 5.18. The number of hydrogen-bond donors (Lipinski definition) is 2. The van der Waals surface area contributed by atoms with Gasteiger partial charge in [0.1, 0.15) is 6.54 Å². The van der Waals surface area contributed by atoms with Crippen molar-refractivity contribution in [3.63, 3.8) is 0 Å². The molecule has 84 valence electrons. The predicted octanol–water partition coefficient (Wildman–Crippen LogP) is 0.794. The number of nitrogens with zero attached hydrogens (tertiary/aromatic N) is 1. The molecule has 1 aliphatic carbocycles. The lowest BCUT2D eigenvalue weighted by Gasteiger charge is -2.19. The smallest absolute Gasteiger partial charge is 0.234 e. The lowest BCUT2D eigenvalue weighted by molar-refractivity contribution is -0.120. The average Bonchev–Trinajstić information content (AvgIpc) is 2.76. The summed E-state index contributed by atoms with van der Waals surface area (Å²) in [7, 11) is 0. The van der Waals surface area contributed by atoms with E-state index in [2.05, 4.69) is 17.6 Å². The van der Waals surface area contributed by atoms with E-state index < -0.39 is 0 Å². The van der Waals surface area contributed by atoms with Gasteiger partial charge in [0.25, 0.3) is 0 Å². The van der Waals surface area contributed by atoms with Gasteiger partial charge in [-0.1, -0.05) is 12.8 Å². The highest BCUT2D eigenvalue weighted by Gasteiger charge is 2.21. The molecule has 0 heterocycles. The number of rotatable bonds is 5. The first-order valence-corrected chi connectivity index (χ1v) is 5.61. The molecule has 0 saturated heterocycles. The largest absolute Gasteiger partial charge is 0.342 e. The van der Waals surface area contributed by atoms with Gasteiger partial charge in [-0.2, -0.15) is 5.26 Å². The Balaban J connectivity index is 2.13. The van der Waals surface area contributed by atoms with Crippen molar-refractivity contribution in [1.82, 2.24) is 10.6 Å². The Kier molecular flexibility index (Phi) is 5.13. The van der Waals surface area contributed by atoms with Gasteiger partial charge in [-0.15, -0.1) is 0 Å². The second kappa shape index (κ2) is 6.41. The van der Waals surface area contributed by atoms with E-state index in [9.17, 15) is 4.79 Å². The average molecular weight is 209 g/mol. The summed E-state index contributed by atoms with van der Waals surface area (Å²) in [6.45, 7) is 2.55. The molecule has 4 heteroatoms. The van der Waals surface area contributed by atoms with Crippen LogP contribution in [0.1, 0.15) is 32.6 Å². The summed E-state index contributed by atoms with van der Waals surface area (Å²) in [5.74, 6) is 0.621. The molecule has 0 spiro atoms. The molecule has 4 nitrogen and oxygen atoms in total. The number of amides is 1. The van der Waals surface area contributed by atoms with Crippen LogP contribution < -0.4 is 10.6 Å². The molecule has 1 saturated carbocycles. The monoisotopic (exact) mass is 209 g/mol. The van der Waals surface area contributed by atoms with E-state index >= 15 is 0 Å². The molecule has 2 N–H and O–H groups in total. The highest BCUT2D eigenvalue weighted by Crippen LogP contribution is 2.27. The summed E-state index contributed by atoms with van der Waals surface area (Å²) in [4.78, 5) is 11.2. The Morgan fingerprint density at radius 1 is 1.53 bits per heavy atom. The van der Waals surface area contributed by atoms with Gasteiger partial charge in [0.15, 0.2) is 0 Å². The third-order valence-corrected chi connectivity index (χ3v) is 3.06. The Labute approximate surface area is 91.0 Å². The molecule has 15 heavy (non-hydrogen) atoms. The molecule has 0 aromatic rings. The minimum atomic E-state index is -0.0959. The molecule has 0 radical (unpaired) electrons. The number of carbonyl (C=O) groups is 1. The van der Waals surface area contributed by atoms with Gasteiger partial charge in [0.2, 0.25) is 5.91 Å². The molecule has 1 atom stereocenters. The maximum atomic E-state index is 11.2. The van der Waals surface area contributed by atoms with Crippen LogP contribution in [0.3, 0.4) is 0 Å². The van der Waals surface area contributed by atoms with Gasteiger partial charge >= 0.3 is 0 Å². The fourth-order valence-corrected chi connectivity index (χ4v) is 2.08. The van der Waals surface area contributed by atoms with Crippen molar-refractivity contribution in [2.75, 3.05) is 13.1 Å². The molecule has 0 aromatic carbocycles. The molecule has 0 aliphatic heterocycles. The van der Waals surface area contributed by atoms with Crippen LogP contribution in [0.4, 0.5) is 0 Å². The number of nitriles is 1. The summed E-state index contributed by atoms with van der Waals surface area (Å²) in [6, 6.07) is 2.28. The molecule has 0 bridgehead atoms. The van der Waals surface area contributed by atoms with E-state index in [-0.39, 0.29) is 12.5 Å². The second-order valence-corrected chi connectivity index (χ2v) is 4.15. The maximum absolute atomic E-state index is 11.2. The Hall–Kier alpha value is -1.08. The van der Waals surface area contributed by atoms with Crippen LogP contribution in [0.25, 0.3) is 0 Å². The lowest BCUT2D eigenvalue weighted by atomic mass is 10.00. The number of nitrogens with one attached hydrogen (secondary N) is 2. The minimum absolute atomic E-state index is 0.0956. The topological polar surface area (TPSA) is 64.9 Å². The minimum Gasteiger partial charge on any atom is -0.342 e. The van der Waals surface area contributed by atoms with Crippen molar-refractivity contribution in [2.45, 2.75) is 38.6 Å². The van der Waals surface area contributed by atoms with Crippen molar-refractivity contribution in [1.29, 1.82) is 5.26 Å².